The van der Waals surface area contributed by atoms with E-state index in [0.29, 0.717) is 18.9 Å². The van der Waals surface area contributed by atoms with Gasteiger partial charge in [0.2, 0.25) is 0 Å². The Morgan fingerprint density at radius 1 is 1.22 bits per heavy atom. The lowest BCUT2D eigenvalue weighted by atomic mass is 10.3. The molecule has 130 valence electrons. The maximum atomic E-state index is 13.0. The Balaban J connectivity index is 2.28. The molecule has 2 N–H and O–H groups in total. The average Bonchev–Trinajstić information content (AvgIpc) is 2.54. The number of hydrogen-bond acceptors (Lipinski definition) is 3. The molecule has 0 amide bonds. The highest BCUT2D eigenvalue weighted by Crippen LogP contribution is 2.14. The van der Waals surface area contributed by atoms with E-state index in [-0.39, 0.29) is 0 Å². The first-order valence-electron chi connectivity index (χ1n) is 7.76. The first-order chi connectivity index (χ1) is 11.2. The van der Waals surface area contributed by atoms with Crippen molar-refractivity contribution >= 4 is 17.7 Å². The van der Waals surface area contributed by atoms with Crippen LogP contribution < -0.4 is 15.4 Å². The molecule has 0 aromatic heterocycles. The number of nitrogens with zero attached hydrogens (tertiary/aromatic N) is 1. The van der Waals surface area contributed by atoms with E-state index in [1.54, 1.807) is 0 Å². The number of rotatable bonds is 10. The van der Waals surface area contributed by atoms with Crippen LogP contribution in [0.5, 0.6) is 5.75 Å². The molecule has 1 rings (SSSR count). The molecule has 0 saturated carbocycles. The minimum Gasteiger partial charge on any atom is -0.492 e. The number of benzene rings is 1. The van der Waals surface area contributed by atoms with Crippen molar-refractivity contribution in [3.63, 3.8) is 0 Å². The molecule has 0 bridgehead atoms. The number of hydrogen-bond donors (Lipinski definition) is 2. The van der Waals surface area contributed by atoms with Crippen molar-refractivity contribution < 1.29 is 13.5 Å². The molecule has 4 nitrogen and oxygen atoms in total. The van der Waals surface area contributed by atoms with Crippen molar-refractivity contribution in [1.82, 2.24) is 10.6 Å². The van der Waals surface area contributed by atoms with Gasteiger partial charge in [-0.15, -0.1) is 0 Å². The molecule has 0 aliphatic rings. The Morgan fingerprint density at radius 3 is 2.74 bits per heavy atom. The molecule has 1 aromatic rings. The van der Waals surface area contributed by atoms with Gasteiger partial charge in [0.05, 0.1) is 6.54 Å². The van der Waals surface area contributed by atoms with Crippen LogP contribution in [0.2, 0.25) is 0 Å². The predicted molar refractivity (Wildman–Crippen MR) is 93.5 cm³/mol. The van der Waals surface area contributed by atoms with Crippen molar-refractivity contribution in [3.8, 4) is 5.75 Å². The fourth-order valence-electron chi connectivity index (χ4n) is 1.80. The highest BCUT2D eigenvalue weighted by molar-refractivity contribution is 7.98. The SMILES string of the molecule is CCNC(=NCCCCSC)NCCOc1ccc(F)c(F)c1. The van der Waals surface area contributed by atoms with Crippen LogP contribution in [0, 0.1) is 11.6 Å². The molecule has 0 unspecified atom stereocenters. The van der Waals surface area contributed by atoms with E-state index in [4.69, 9.17) is 4.74 Å². The molecular formula is C16H25F2N3OS. The van der Waals surface area contributed by atoms with E-state index in [0.717, 1.165) is 49.8 Å². The molecule has 7 heteroatoms. The third-order valence-electron chi connectivity index (χ3n) is 2.93. The highest BCUT2D eigenvalue weighted by atomic mass is 32.2. The third-order valence-corrected chi connectivity index (χ3v) is 3.62. The van der Waals surface area contributed by atoms with Gasteiger partial charge in [-0.05, 0) is 43.9 Å². The summed E-state index contributed by atoms with van der Waals surface area (Å²) in [6.07, 6.45) is 4.31. The van der Waals surface area contributed by atoms with Crippen LogP contribution in [0.4, 0.5) is 8.78 Å². The largest absolute Gasteiger partial charge is 0.492 e. The van der Waals surface area contributed by atoms with Crippen LogP contribution in [0.15, 0.2) is 23.2 Å². The van der Waals surface area contributed by atoms with Gasteiger partial charge in [-0.25, -0.2) is 8.78 Å². The van der Waals surface area contributed by atoms with Gasteiger partial charge >= 0.3 is 0 Å². The summed E-state index contributed by atoms with van der Waals surface area (Å²) in [4.78, 5) is 4.48. The summed E-state index contributed by atoms with van der Waals surface area (Å²) in [6, 6.07) is 3.50. The van der Waals surface area contributed by atoms with Crippen molar-refractivity contribution in [2.75, 3.05) is 38.2 Å². The normalized spacial score (nSPS) is 11.4. The number of aliphatic imine (C=N–C) groups is 1. The molecule has 0 spiro atoms. The van der Waals surface area contributed by atoms with Crippen molar-refractivity contribution in [2.24, 2.45) is 4.99 Å². The Morgan fingerprint density at radius 2 is 2.04 bits per heavy atom. The standard InChI is InChI=1S/C16H25F2N3OS/c1-3-19-16(20-8-4-5-11-23-2)21-9-10-22-13-6-7-14(17)15(18)12-13/h6-7,12H,3-5,8-11H2,1-2H3,(H2,19,20,21). The van der Waals surface area contributed by atoms with Crippen LogP contribution in [-0.4, -0.2) is 44.2 Å². The van der Waals surface area contributed by atoms with E-state index in [1.165, 1.54) is 6.07 Å². The zero-order valence-corrected chi connectivity index (χ0v) is 14.5. The van der Waals surface area contributed by atoms with Crippen LogP contribution in [0.3, 0.4) is 0 Å². The Labute approximate surface area is 141 Å². The number of halogens is 2. The average molecular weight is 345 g/mol. The summed E-state index contributed by atoms with van der Waals surface area (Å²) in [5, 5.41) is 6.31. The maximum absolute atomic E-state index is 13.0. The summed E-state index contributed by atoms with van der Waals surface area (Å²) in [6.45, 7) is 4.42. The second-order valence-electron chi connectivity index (χ2n) is 4.81. The number of unbranched alkanes of at least 4 members (excludes halogenated alkanes) is 1. The van der Waals surface area contributed by atoms with Gasteiger partial charge < -0.3 is 15.4 Å². The molecule has 1 aromatic carbocycles. The summed E-state index contributed by atoms with van der Waals surface area (Å²) >= 11 is 1.84. The fraction of sp³-hybridized carbons (Fsp3) is 0.562. The zero-order chi connectivity index (χ0) is 16.9. The fourth-order valence-corrected chi connectivity index (χ4v) is 2.29. The topological polar surface area (TPSA) is 45.7 Å². The summed E-state index contributed by atoms with van der Waals surface area (Å²) in [5.41, 5.74) is 0. The molecule has 0 saturated heterocycles. The summed E-state index contributed by atoms with van der Waals surface area (Å²) < 4.78 is 31.2. The predicted octanol–water partition coefficient (Wildman–Crippen LogP) is 3.04. The van der Waals surface area contributed by atoms with E-state index in [1.807, 2.05) is 18.7 Å². The lowest BCUT2D eigenvalue weighted by Gasteiger charge is -2.12. The van der Waals surface area contributed by atoms with Gasteiger partial charge in [0.25, 0.3) is 0 Å². The van der Waals surface area contributed by atoms with E-state index in [9.17, 15) is 8.78 Å². The molecule has 0 atom stereocenters. The lowest BCUT2D eigenvalue weighted by Crippen LogP contribution is -2.39. The minimum absolute atomic E-state index is 0.310. The summed E-state index contributed by atoms with van der Waals surface area (Å²) in [5.74, 6) is 0.422. The number of nitrogens with one attached hydrogen (secondary N) is 2. The third kappa shape index (κ3) is 8.64. The first-order valence-corrected chi connectivity index (χ1v) is 9.15. The van der Waals surface area contributed by atoms with Crippen LogP contribution in [0.1, 0.15) is 19.8 Å². The van der Waals surface area contributed by atoms with Crippen LogP contribution in [0.25, 0.3) is 0 Å². The van der Waals surface area contributed by atoms with Crippen molar-refractivity contribution in [3.05, 3.63) is 29.8 Å². The Kier molecular flexibility index (Phi) is 10.2. The lowest BCUT2D eigenvalue weighted by molar-refractivity contribution is 0.318. The molecule has 0 fully saturated rings. The van der Waals surface area contributed by atoms with Gasteiger partial charge in [-0.3, -0.25) is 4.99 Å². The molecule has 0 aliphatic carbocycles. The van der Waals surface area contributed by atoms with E-state index >= 15 is 0 Å². The van der Waals surface area contributed by atoms with E-state index < -0.39 is 11.6 Å². The quantitative estimate of drug-likeness (QED) is 0.389. The Bertz CT molecular complexity index is 486. The van der Waals surface area contributed by atoms with Gasteiger partial charge in [-0.2, -0.15) is 11.8 Å². The smallest absolute Gasteiger partial charge is 0.191 e. The van der Waals surface area contributed by atoms with Gasteiger partial charge in [0, 0.05) is 19.2 Å². The Hall–Kier alpha value is -1.50. The molecule has 0 heterocycles. The maximum Gasteiger partial charge on any atom is 0.191 e. The molecule has 0 radical (unpaired) electrons. The van der Waals surface area contributed by atoms with Gasteiger partial charge in [0.1, 0.15) is 12.4 Å². The molecule has 0 aliphatic heterocycles. The summed E-state index contributed by atoms with van der Waals surface area (Å²) in [7, 11) is 0. The number of guanidine groups is 1. The molecule has 23 heavy (non-hydrogen) atoms. The molecular weight excluding hydrogens is 320 g/mol. The first kappa shape index (κ1) is 19.5. The zero-order valence-electron chi connectivity index (χ0n) is 13.7. The van der Waals surface area contributed by atoms with Crippen molar-refractivity contribution in [2.45, 2.75) is 19.8 Å². The van der Waals surface area contributed by atoms with Crippen molar-refractivity contribution in [1.29, 1.82) is 0 Å². The second-order valence-corrected chi connectivity index (χ2v) is 5.80. The highest BCUT2D eigenvalue weighted by Gasteiger charge is 2.03. The van der Waals surface area contributed by atoms with Crippen LogP contribution >= 0.6 is 11.8 Å². The van der Waals surface area contributed by atoms with Crippen LogP contribution in [-0.2, 0) is 0 Å². The number of thioether (sulfide) groups is 1. The monoisotopic (exact) mass is 345 g/mol. The second kappa shape index (κ2) is 12.0. The van der Waals surface area contributed by atoms with Gasteiger partial charge in [-0.1, -0.05) is 0 Å². The van der Waals surface area contributed by atoms with E-state index in [2.05, 4.69) is 21.9 Å². The minimum atomic E-state index is -0.907. The van der Waals surface area contributed by atoms with Gasteiger partial charge in [0.15, 0.2) is 17.6 Å². The number of ether oxygens (including phenoxy) is 1.